The second kappa shape index (κ2) is 8.17. The van der Waals surface area contributed by atoms with Gasteiger partial charge in [-0.1, -0.05) is 47.9 Å². The number of rotatable bonds is 6. The molecule has 0 aromatic heterocycles. The number of carboxylic acid groups (broad SMARTS) is 1. The van der Waals surface area contributed by atoms with Crippen molar-refractivity contribution in [2.75, 3.05) is 5.32 Å². The molecular weight excluding hydrogens is 338 g/mol. The number of carbonyl (C=O) groups excluding carboxylic acids is 1. The predicted octanol–water partition coefficient (Wildman–Crippen LogP) is 4.47. The molecule has 2 aromatic carbocycles. The number of amides is 1. The number of hydrogen-bond acceptors (Lipinski definition) is 2. The minimum Gasteiger partial charge on any atom is -0.481 e. The lowest BCUT2D eigenvalue weighted by Crippen LogP contribution is -2.33. The van der Waals surface area contributed by atoms with E-state index in [2.05, 4.69) is 5.32 Å². The molecule has 0 spiro atoms. The van der Waals surface area contributed by atoms with Crippen molar-refractivity contribution >= 4 is 29.2 Å². The van der Waals surface area contributed by atoms with Crippen molar-refractivity contribution in [3.05, 3.63) is 64.2 Å². The number of benzene rings is 2. The molecule has 0 saturated carbocycles. The van der Waals surface area contributed by atoms with Crippen molar-refractivity contribution in [2.45, 2.75) is 27.2 Å². The molecule has 2 aromatic rings. The third-order valence-electron chi connectivity index (χ3n) is 4.18. The fraction of sp³-hybridized carbons (Fsp3) is 0.300. The van der Waals surface area contributed by atoms with Crippen LogP contribution in [-0.2, 0) is 16.0 Å². The topological polar surface area (TPSA) is 66.4 Å². The molecule has 0 aliphatic rings. The van der Waals surface area contributed by atoms with Gasteiger partial charge in [0.05, 0.1) is 5.92 Å². The average molecular weight is 360 g/mol. The van der Waals surface area contributed by atoms with Gasteiger partial charge < -0.3 is 10.4 Å². The molecule has 0 saturated heterocycles. The summed E-state index contributed by atoms with van der Waals surface area (Å²) in [6.45, 7) is 5.60. The second-order valence-corrected chi connectivity index (χ2v) is 6.87. The zero-order valence-electron chi connectivity index (χ0n) is 14.5. The Hall–Kier alpha value is -2.33. The lowest BCUT2D eigenvalue weighted by atomic mass is 9.86. The predicted molar refractivity (Wildman–Crippen MR) is 100.0 cm³/mol. The Balaban J connectivity index is 2.13. The highest BCUT2D eigenvalue weighted by molar-refractivity contribution is 6.30. The largest absolute Gasteiger partial charge is 0.481 e. The molecule has 0 aliphatic carbocycles. The average Bonchev–Trinajstić information content (AvgIpc) is 2.53. The molecule has 1 amide bonds. The summed E-state index contributed by atoms with van der Waals surface area (Å²) >= 11 is 5.83. The summed E-state index contributed by atoms with van der Waals surface area (Å²) in [5, 5.41) is 12.9. The fourth-order valence-corrected chi connectivity index (χ4v) is 3.02. The van der Waals surface area contributed by atoms with Crippen molar-refractivity contribution in [1.82, 2.24) is 0 Å². The van der Waals surface area contributed by atoms with Crippen LogP contribution in [0.2, 0.25) is 5.02 Å². The Morgan fingerprint density at radius 3 is 2.16 bits per heavy atom. The summed E-state index contributed by atoms with van der Waals surface area (Å²) < 4.78 is 0. The molecule has 2 atom stereocenters. The molecule has 0 bridgehead atoms. The summed E-state index contributed by atoms with van der Waals surface area (Å²) in [5.41, 5.74) is 3.68. The number of hydrogen-bond donors (Lipinski definition) is 2. The van der Waals surface area contributed by atoms with E-state index in [1.165, 1.54) is 0 Å². The molecular formula is C20H22ClNO3. The van der Waals surface area contributed by atoms with Gasteiger partial charge in [-0.15, -0.1) is 0 Å². The molecule has 2 N–H and O–H groups in total. The van der Waals surface area contributed by atoms with E-state index < -0.39 is 17.8 Å². The number of carbonyl (C=O) groups is 2. The van der Waals surface area contributed by atoms with Gasteiger partial charge in [-0.05, 0) is 50.1 Å². The first-order chi connectivity index (χ1) is 11.8. The van der Waals surface area contributed by atoms with Gasteiger partial charge in [-0.25, -0.2) is 0 Å². The van der Waals surface area contributed by atoms with Crippen LogP contribution in [0.4, 0.5) is 5.69 Å². The minimum atomic E-state index is -0.974. The third kappa shape index (κ3) is 5.33. The first kappa shape index (κ1) is 19.0. The van der Waals surface area contributed by atoms with Crippen LogP contribution in [0.5, 0.6) is 0 Å². The van der Waals surface area contributed by atoms with Crippen molar-refractivity contribution in [1.29, 1.82) is 0 Å². The van der Waals surface area contributed by atoms with Crippen molar-refractivity contribution in [2.24, 2.45) is 11.8 Å². The highest BCUT2D eigenvalue weighted by Gasteiger charge is 2.30. The van der Waals surface area contributed by atoms with Gasteiger partial charge in [0.2, 0.25) is 5.91 Å². The minimum absolute atomic E-state index is 0.313. The summed E-state index contributed by atoms with van der Waals surface area (Å²) in [4.78, 5) is 24.2. The third-order valence-corrected chi connectivity index (χ3v) is 4.44. The summed E-state index contributed by atoms with van der Waals surface area (Å²) in [5.74, 6) is -2.76. The van der Waals surface area contributed by atoms with Crippen molar-refractivity contribution < 1.29 is 14.7 Å². The van der Waals surface area contributed by atoms with Gasteiger partial charge >= 0.3 is 5.97 Å². The van der Waals surface area contributed by atoms with E-state index in [1.807, 2.05) is 32.0 Å². The number of halogens is 1. The lowest BCUT2D eigenvalue weighted by Gasteiger charge is -2.20. The number of aliphatic carboxylic acids is 1. The van der Waals surface area contributed by atoms with Crippen LogP contribution in [0.25, 0.3) is 0 Å². The van der Waals surface area contributed by atoms with Crippen LogP contribution in [0.1, 0.15) is 23.6 Å². The molecule has 4 nitrogen and oxygen atoms in total. The summed E-state index contributed by atoms with van der Waals surface area (Å²) in [6.07, 6.45) is 0.313. The normalized spacial score (nSPS) is 13.1. The smallest absolute Gasteiger partial charge is 0.307 e. The highest BCUT2D eigenvalue weighted by Crippen LogP contribution is 2.22. The maximum Gasteiger partial charge on any atom is 0.307 e. The van der Waals surface area contributed by atoms with Crippen molar-refractivity contribution in [3.63, 3.8) is 0 Å². The van der Waals surface area contributed by atoms with Gasteiger partial charge in [-0.3, -0.25) is 9.59 Å². The van der Waals surface area contributed by atoms with Crippen molar-refractivity contribution in [3.8, 4) is 0 Å². The maximum absolute atomic E-state index is 12.5. The van der Waals surface area contributed by atoms with Crippen LogP contribution in [-0.4, -0.2) is 17.0 Å². The molecule has 0 radical (unpaired) electrons. The van der Waals surface area contributed by atoms with Gasteiger partial charge in [0.15, 0.2) is 0 Å². The van der Waals surface area contributed by atoms with Gasteiger partial charge in [0.1, 0.15) is 0 Å². The van der Waals surface area contributed by atoms with E-state index in [-0.39, 0.29) is 5.91 Å². The van der Waals surface area contributed by atoms with E-state index in [9.17, 15) is 14.7 Å². The van der Waals surface area contributed by atoms with Crippen LogP contribution in [0.15, 0.2) is 42.5 Å². The Labute approximate surface area is 152 Å². The zero-order chi connectivity index (χ0) is 18.6. The SMILES string of the molecule is Cc1cc(C)cc(C[C@H](C(=O)O)[C@H](C)C(=O)Nc2ccc(Cl)cc2)c1. The van der Waals surface area contributed by atoms with E-state index in [0.717, 1.165) is 16.7 Å². The summed E-state index contributed by atoms with van der Waals surface area (Å²) in [7, 11) is 0. The van der Waals surface area contributed by atoms with Crippen LogP contribution < -0.4 is 5.32 Å². The zero-order valence-corrected chi connectivity index (χ0v) is 15.3. The molecule has 5 heteroatoms. The number of aryl methyl sites for hydroxylation is 2. The molecule has 132 valence electrons. The van der Waals surface area contributed by atoms with Gasteiger partial charge in [-0.2, -0.15) is 0 Å². The van der Waals surface area contributed by atoms with Gasteiger partial charge in [0, 0.05) is 16.6 Å². The Kier molecular flexibility index (Phi) is 6.21. The van der Waals surface area contributed by atoms with Gasteiger partial charge in [0.25, 0.3) is 0 Å². The Morgan fingerprint density at radius 1 is 1.08 bits per heavy atom. The van der Waals surface area contributed by atoms with Crippen LogP contribution in [0.3, 0.4) is 0 Å². The highest BCUT2D eigenvalue weighted by atomic mass is 35.5. The molecule has 0 fully saturated rings. The Morgan fingerprint density at radius 2 is 1.64 bits per heavy atom. The van der Waals surface area contributed by atoms with E-state index >= 15 is 0 Å². The standard InChI is InChI=1S/C20H22ClNO3/c1-12-8-13(2)10-15(9-12)11-18(20(24)25)14(3)19(23)22-17-6-4-16(21)5-7-17/h4-10,14,18H,11H2,1-3H3,(H,22,23)(H,24,25)/t14-,18-/m0/s1. The molecule has 2 rings (SSSR count). The lowest BCUT2D eigenvalue weighted by molar-refractivity contribution is -0.145. The summed E-state index contributed by atoms with van der Waals surface area (Å²) in [6, 6.07) is 12.7. The quantitative estimate of drug-likeness (QED) is 0.799. The number of nitrogens with one attached hydrogen (secondary N) is 1. The second-order valence-electron chi connectivity index (χ2n) is 6.43. The first-order valence-corrected chi connectivity index (χ1v) is 8.50. The monoisotopic (exact) mass is 359 g/mol. The van der Waals surface area contributed by atoms with E-state index in [0.29, 0.717) is 17.1 Å². The molecule has 0 heterocycles. The van der Waals surface area contributed by atoms with E-state index in [1.54, 1.807) is 31.2 Å². The molecule has 0 aliphatic heterocycles. The first-order valence-electron chi connectivity index (χ1n) is 8.12. The Bertz CT molecular complexity index is 751. The van der Waals surface area contributed by atoms with Crippen LogP contribution >= 0.6 is 11.6 Å². The number of anilines is 1. The number of carboxylic acids is 1. The molecule has 25 heavy (non-hydrogen) atoms. The maximum atomic E-state index is 12.5. The fourth-order valence-electron chi connectivity index (χ4n) is 2.89. The molecule has 0 unspecified atom stereocenters. The van der Waals surface area contributed by atoms with Crippen LogP contribution in [0, 0.1) is 25.7 Å². The van der Waals surface area contributed by atoms with E-state index in [4.69, 9.17) is 11.6 Å².